The number of rotatable bonds is 8. The molecule has 0 aromatic carbocycles. The average Bonchev–Trinajstić information content (AvgIpc) is 2.36. The van der Waals surface area contributed by atoms with E-state index in [0.717, 1.165) is 12.8 Å². The van der Waals surface area contributed by atoms with Gasteiger partial charge in [-0.05, 0) is 51.3 Å². The average molecular weight is 266 g/mol. The van der Waals surface area contributed by atoms with Gasteiger partial charge in [0.25, 0.3) is 0 Å². The van der Waals surface area contributed by atoms with Gasteiger partial charge in [0, 0.05) is 31.1 Å². The molecule has 4 heteroatoms. The van der Waals surface area contributed by atoms with Gasteiger partial charge < -0.3 is 15.2 Å². The van der Waals surface area contributed by atoms with Crippen molar-refractivity contribution in [2.24, 2.45) is 0 Å². The predicted molar refractivity (Wildman–Crippen MR) is 77.1 cm³/mol. The lowest BCUT2D eigenvalue weighted by molar-refractivity contribution is 0.0333. The molecule has 0 saturated carbocycles. The Labute approximate surface area is 116 Å². The zero-order chi connectivity index (χ0) is 14.1. The summed E-state index contributed by atoms with van der Waals surface area (Å²) in [7, 11) is 0. The fraction of sp³-hybridized carbons (Fsp3) is 0.667. The van der Waals surface area contributed by atoms with E-state index < -0.39 is 6.10 Å². The summed E-state index contributed by atoms with van der Waals surface area (Å²) in [5.41, 5.74) is 1.30. The highest BCUT2D eigenvalue weighted by atomic mass is 16.5. The van der Waals surface area contributed by atoms with Crippen LogP contribution in [0.1, 0.15) is 32.8 Å². The molecule has 0 aliphatic heterocycles. The van der Waals surface area contributed by atoms with Crippen LogP contribution in [0.25, 0.3) is 0 Å². The Hall–Kier alpha value is -0.970. The maximum absolute atomic E-state index is 9.73. The highest BCUT2D eigenvalue weighted by molar-refractivity contribution is 5.09. The van der Waals surface area contributed by atoms with Crippen LogP contribution in [0.3, 0.4) is 0 Å². The molecule has 1 heterocycles. The van der Waals surface area contributed by atoms with Crippen molar-refractivity contribution in [2.45, 2.75) is 45.3 Å². The number of nitrogens with one attached hydrogen (secondary N) is 1. The Morgan fingerprint density at radius 1 is 1.32 bits per heavy atom. The van der Waals surface area contributed by atoms with Gasteiger partial charge in [0.2, 0.25) is 0 Å². The third kappa shape index (κ3) is 8.70. The summed E-state index contributed by atoms with van der Waals surface area (Å²) in [6.45, 7) is 7.86. The SMILES string of the molecule is CC(C)(C)NCC(O)COCCCc1ccncc1. The topological polar surface area (TPSA) is 54.4 Å². The molecule has 108 valence electrons. The number of hydrogen-bond donors (Lipinski definition) is 2. The lowest BCUT2D eigenvalue weighted by Gasteiger charge is -2.22. The predicted octanol–water partition coefficient (Wildman–Crippen LogP) is 1.78. The molecule has 0 fully saturated rings. The van der Waals surface area contributed by atoms with Gasteiger partial charge >= 0.3 is 0 Å². The second kappa shape index (κ2) is 8.25. The van der Waals surface area contributed by atoms with Crippen LogP contribution < -0.4 is 5.32 Å². The van der Waals surface area contributed by atoms with E-state index >= 15 is 0 Å². The van der Waals surface area contributed by atoms with Crippen LogP contribution in [-0.2, 0) is 11.2 Å². The van der Waals surface area contributed by atoms with Gasteiger partial charge in [0.15, 0.2) is 0 Å². The third-order valence-electron chi connectivity index (χ3n) is 2.68. The maximum atomic E-state index is 9.73. The van der Waals surface area contributed by atoms with Gasteiger partial charge in [-0.15, -0.1) is 0 Å². The molecular weight excluding hydrogens is 240 g/mol. The molecule has 0 saturated heterocycles. The smallest absolute Gasteiger partial charge is 0.0897 e. The van der Waals surface area contributed by atoms with Crippen molar-refractivity contribution in [1.82, 2.24) is 10.3 Å². The van der Waals surface area contributed by atoms with Crippen LogP contribution in [0.2, 0.25) is 0 Å². The van der Waals surface area contributed by atoms with E-state index in [0.29, 0.717) is 19.8 Å². The number of aliphatic hydroxyl groups is 1. The largest absolute Gasteiger partial charge is 0.389 e. The summed E-state index contributed by atoms with van der Waals surface area (Å²) in [6.07, 6.45) is 5.11. The number of aromatic nitrogens is 1. The molecule has 1 unspecified atom stereocenters. The first-order valence-electron chi connectivity index (χ1n) is 6.87. The second-order valence-corrected chi connectivity index (χ2v) is 5.82. The first-order valence-corrected chi connectivity index (χ1v) is 6.87. The number of aliphatic hydroxyl groups excluding tert-OH is 1. The summed E-state index contributed by atoms with van der Waals surface area (Å²) >= 11 is 0. The number of nitrogens with zero attached hydrogens (tertiary/aromatic N) is 1. The summed E-state index contributed by atoms with van der Waals surface area (Å²) in [5, 5.41) is 13.0. The molecule has 0 bridgehead atoms. The molecule has 0 radical (unpaired) electrons. The Morgan fingerprint density at radius 2 is 2.00 bits per heavy atom. The van der Waals surface area contributed by atoms with E-state index in [1.165, 1.54) is 5.56 Å². The Kier molecular flexibility index (Phi) is 6.99. The summed E-state index contributed by atoms with van der Waals surface area (Å²) in [4.78, 5) is 3.98. The Balaban J connectivity index is 2.01. The fourth-order valence-corrected chi connectivity index (χ4v) is 1.63. The van der Waals surface area contributed by atoms with Crippen LogP contribution in [0.5, 0.6) is 0 Å². The van der Waals surface area contributed by atoms with Crippen LogP contribution in [0.15, 0.2) is 24.5 Å². The summed E-state index contributed by atoms with van der Waals surface area (Å²) in [6, 6.07) is 4.03. The standard InChI is InChI=1S/C15H26N2O2/c1-15(2,3)17-11-14(18)12-19-10-4-5-13-6-8-16-9-7-13/h6-9,14,17-18H,4-5,10-12H2,1-3H3. The van der Waals surface area contributed by atoms with E-state index in [-0.39, 0.29) is 5.54 Å². The molecule has 1 aromatic rings. The fourth-order valence-electron chi connectivity index (χ4n) is 1.63. The van der Waals surface area contributed by atoms with Crippen molar-refractivity contribution >= 4 is 0 Å². The Morgan fingerprint density at radius 3 is 2.63 bits per heavy atom. The lowest BCUT2D eigenvalue weighted by Crippen LogP contribution is -2.42. The van der Waals surface area contributed by atoms with E-state index in [9.17, 15) is 5.11 Å². The number of ether oxygens (including phenoxy) is 1. The van der Waals surface area contributed by atoms with E-state index in [1.807, 2.05) is 12.1 Å². The normalized spacial score (nSPS) is 13.5. The minimum atomic E-state index is -0.444. The monoisotopic (exact) mass is 266 g/mol. The van der Waals surface area contributed by atoms with Gasteiger partial charge in [0.1, 0.15) is 0 Å². The molecule has 0 spiro atoms. The van der Waals surface area contributed by atoms with Gasteiger partial charge in [0.05, 0.1) is 12.7 Å². The van der Waals surface area contributed by atoms with E-state index in [4.69, 9.17) is 4.74 Å². The van der Waals surface area contributed by atoms with Gasteiger partial charge in [-0.1, -0.05) is 0 Å². The van der Waals surface area contributed by atoms with Crippen molar-refractivity contribution in [3.8, 4) is 0 Å². The van der Waals surface area contributed by atoms with E-state index in [2.05, 4.69) is 31.1 Å². The molecule has 2 N–H and O–H groups in total. The first kappa shape index (κ1) is 16.1. The van der Waals surface area contributed by atoms with Crippen molar-refractivity contribution in [3.63, 3.8) is 0 Å². The zero-order valence-electron chi connectivity index (χ0n) is 12.2. The highest BCUT2D eigenvalue weighted by Crippen LogP contribution is 2.01. The van der Waals surface area contributed by atoms with Crippen LogP contribution in [-0.4, -0.2) is 41.5 Å². The van der Waals surface area contributed by atoms with Gasteiger partial charge in [-0.25, -0.2) is 0 Å². The minimum absolute atomic E-state index is 0.0301. The molecule has 1 rings (SSSR count). The zero-order valence-corrected chi connectivity index (χ0v) is 12.2. The van der Waals surface area contributed by atoms with Gasteiger partial charge in [-0.2, -0.15) is 0 Å². The molecule has 0 aliphatic carbocycles. The first-order chi connectivity index (χ1) is 8.97. The second-order valence-electron chi connectivity index (χ2n) is 5.82. The maximum Gasteiger partial charge on any atom is 0.0897 e. The number of hydrogen-bond acceptors (Lipinski definition) is 4. The van der Waals surface area contributed by atoms with Crippen LogP contribution in [0, 0.1) is 0 Å². The molecule has 0 aliphatic rings. The molecule has 4 nitrogen and oxygen atoms in total. The Bertz CT molecular complexity index is 336. The van der Waals surface area contributed by atoms with Crippen LogP contribution in [0.4, 0.5) is 0 Å². The molecule has 0 amide bonds. The molecule has 1 aromatic heterocycles. The van der Waals surface area contributed by atoms with Crippen molar-refractivity contribution in [1.29, 1.82) is 0 Å². The summed E-state index contributed by atoms with van der Waals surface area (Å²) in [5.74, 6) is 0. The highest BCUT2D eigenvalue weighted by Gasteiger charge is 2.11. The van der Waals surface area contributed by atoms with E-state index in [1.54, 1.807) is 12.4 Å². The van der Waals surface area contributed by atoms with Crippen molar-refractivity contribution in [2.75, 3.05) is 19.8 Å². The number of pyridine rings is 1. The third-order valence-corrected chi connectivity index (χ3v) is 2.68. The number of β-amino-alcohol motifs (C(OH)–C–C–N with tert-alkyl or cyclic N) is 1. The van der Waals surface area contributed by atoms with Crippen LogP contribution >= 0.6 is 0 Å². The summed E-state index contributed by atoms with van der Waals surface area (Å²) < 4.78 is 5.48. The van der Waals surface area contributed by atoms with Crippen molar-refractivity contribution < 1.29 is 9.84 Å². The molecular formula is C15H26N2O2. The quantitative estimate of drug-likeness (QED) is 0.704. The van der Waals surface area contributed by atoms with Gasteiger partial charge in [-0.3, -0.25) is 4.98 Å². The van der Waals surface area contributed by atoms with Crippen molar-refractivity contribution in [3.05, 3.63) is 30.1 Å². The minimum Gasteiger partial charge on any atom is -0.389 e. The lowest BCUT2D eigenvalue weighted by atomic mass is 10.1. The number of aryl methyl sites for hydroxylation is 1. The molecule has 1 atom stereocenters. The molecule has 19 heavy (non-hydrogen) atoms.